The quantitative estimate of drug-likeness (QED) is 0.862. The van der Waals surface area contributed by atoms with E-state index in [-0.39, 0.29) is 6.61 Å². The first-order valence-corrected chi connectivity index (χ1v) is 7.39. The Balaban J connectivity index is 1.73. The van der Waals surface area contributed by atoms with Crippen LogP contribution in [-0.4, -0.2) is 10.5 Å². The van der Waals surface area contributed by atoms with Crippen molar-refractivity contribution in [2.24, 2.45) is 0 Å². The van der Waals surface area contributed by atoms with Crippen molar-refractivity contribution in [3.63, 3.8) is 0 Å². The number of carbonyl (C=O) groups is 1. The fraction of sp³-hybridized carbons (Fsp3) is 0.267. The number of esters is 1. The molecule has 1 aromatic carbocycles. The number of nitrogens with two attached hydrogens (primary N) is 1. The predicted octanol–water partition coefficient (Wildman–Crippen LogP) is 4.07. The second kappa shape index (κ2) is 5.62. The Labute approximate surface area is 132 Å². The summed E-state index contributed by atoms with van der Waals surface area (Å²) in [5.74, 6) is -0.408. The summed E-state index contributed by atoms with van der Waals surface area (Å²) in [6.45, 7) is 0.0774. The van der Waals surface area contributed by atoms with Gasteiger partial charge in [-0.2, -0.15) is 0 Å². The highest BCUT2D eigenvalue weighted by Crippen LogP contribution is 2.37. The Morgan fingerprint density at radius 1 is 1.38 bits per heavy atom. The first-order chi connectivity index (χ1) is 10.1. The lowest BCUT2D eigenvalue weighted by Crippen LogP contribution is -2.11. The predicted molar refractivity (Wildman–Crippen MR) is 82.7 cm³/mol. The van der Waals surface area contributed by atoms with Gasteiger partial charge in [0, 0.05) is 17.8 Å². The van der Waals surface area contributed by atoms with Crippen LogP contribution in [0.1, 0.15) is 34.9 Å². The van der Waals surface area contributed by atoms with Gasteiger partial charge in [0.15, 0.2) is 0 Å². The molecular formula is C15H14Cl2N2O2. The molecule has 2 N–H and O–H groups in total. The zero-order valence-corrected chi connectivity index (χ0v) is 12.7. The van der Waals surface area contributed by atoms with Crippen molar-refractivity contribution in [1.29, 1.82) is 0 Å². The lowest BCUT2D eigenvalue weighted by Gasteiger charge is -2.09. The number of hydrogen-bond donors (Lipinski definition) is 1. The van der Waals surface area contributed by atoms with Crippen molar-refractivity contribution in [2.45, 2.75) is 25.5 Å². The number of hydrogen-bond acceptors (Lipinski definition) is 3. The Kier molecular flexibility index (Phi) is 3.83. The van der Waals surface area contributed by atoms with Crippen LogP contribution in [0.25, 0.3) is 0 Å². The molecule has 1 heterocycles. The topological polar surface area (TPSA) is 57.3 Å². The molecule has 1 aliphatic rings. The second-order valence-corrected chi connectivity index (χ2v) is 5.87. The molecule has 4 nitrogen and oxygen atoms in total. The molecule has 0 spiro atoms. The van der Waals surface area contributed by atoms with Crippen LogP contribution in [-0.2, 0) is 11.3 Å². The number of rotatable bonds is 4. The van der Waals surface area contributed by atoms with E-state index in [1.807, 2.05) is 4.57 Å². The van der Waals surface area contributed by atoms with E-state index in [1.165, 1.54) is 0 Å². The molecule has 0 amide bonds. The number of ether oxygens (including phenoxy) is 1. The smallest absolute Gasteiger partial charge is 0.355 e. The molecule has 6 heteroatoms. The summed E-state index contributed by atoms with van der Waals surface area (Å²) in [5.41, 5.74) is 7.49. The summed E-state index contributed by atoms with van der Waals surface area (Å²) >= 11 is 12.0. The van der Waals surface area contributed by atoms with E-state index in [2.05, 4.69) is 0 Å². The zero-order chi connectivity index (χ0) is 15.0. The minimum Gasteiger partial charge on any atom is -0.456 e. The van der Waals surface area contributed by atoms with E-state index >= 15 is 0 Å². The van der Waals surface area contributed by atoms with Crippen LogP contribution in [0, 0.1) is 0 Å². The van der Waals surface area contributed by atoms with Crippen molar-refractivity contribution in [2.75, 3.05) is 5.73 Å². The van der Waals surface area contributed by atoms with Gasteiger partial charge in [0.25, 0.3) is 0 Å². The standard InChI is InChI=1S/C15H14Cl2N2O2/c16-12-3-1-2-9(14(12)17)8-21-15(20)13-6-10(18)7-19(13)11-4-5-11/h1-3,6-7,11H,4-5,8,18H2. The Morgan fingerprint density at radius 2 is 2.14 bits per heavy atom. The molecule has 1 aliphatic carbocycles. The molecule has 1 saturated carbocycles. The van der Waals surface area contributed by atoms with Crippen molar-refractivity contribution >= 4 is 34.9 Å². The van der Waals surface area contributed by atoms with Crippen LogP contribution in [0.4, 0.5) is 5.69 Å². The van der Waals surface area contributed by atoms with E-state index in [9.17, 15) is 4.79 Å². The average Bonchev–Trinajstić information content (AvgIpc) is 3.23. The lowest BCUT2D eigenvalue weighted by molar-refractivity contribution is 0.0460. The van der Waals surface area contributed by atoms with Crippen LogP contribution < -0.4 is 5.73 Å². The van der Waals surface area contributed by atoms with Crippen molar-refractivity contribution in [1.82, 2.24) is 4.57 Å². The fourth-order valence-corrected chi connectivity index (χ4v) is 2.57. The van der Waals surface area contributed by atoms with Gasteiger partial charge in [-0.3, -0.25) is 0 Å². The van der Waals surface area contributed by atoms with Crippen molar-refractivity contribution in [3.8, 4) is 0 Å². The maximum atomic E-state index is 12.2. The molecule has 0 radical (unpaired) electrons. The van der Waals surface area contributed by atoms with E-state index in [0.29, 0.717) is 33.0 Å². The molecule has 1 fully saturated rings. The SMILES string of the molecule is Nc1cc(C(=O)OCc2cccc(Cl)c2Cl)n(C2CC2)c1. The summed E-state index contributed by atoms with van der Waals surface area (Å²) in [4.78, 5) is 12.2. The highest BCUT2D eigenvalue weighted by atomic mass is 35.5. The monoisotopic (exact) mass is 324 g/mol. The molecule has 0 saturated heterocycles. The van der Waals surface area contributed by atoms with Crippen LogP contribution in [0.15, 0.2) is 30.5 Å². The molecular weight excluding hydrogens is 311 g/mol. The molecule has 110 valence electrons. The van der Waals surface area contributed by atoms with Gasteiger partial charge in [-0.15, -0.1) is 0 Å². The minimum absolute atomic E-state index is 0.0774. The molecule has 0 atom stereocenters. The summed E-state index contributed by atoms with van der Waals surface area (Å²) < 4.78 is 7.21. The third-order valence-electron chi connectivity index (χ3n) is 3.41. The summed E-state index contributed by atoms with van der Waals surface area (Å²) in [7, 11) is 0. The Bertz CT molecular complexity index is 693. The maximum absolute atomic E-state index is 12.2. The van der Waals surface area contributed by atoms with E-state index in [1.54, 1.807) is 30.5 Å². The van der Waals surface area contributed by atoms with E-state index in [4.69, 9.17) is 33.7 Å². The highest BCUT2D eigenvalue weighted by Gasteiger charge is 2.28. The number of carbonyl (C=O) groups excluding carboxylic acids is 1. The molecule has 0 bridgehead atoms. The Hall–Kier alpha value is -1.65. The van der Waals surface area contributed by atoms with Crippen LogP contribution in [0.2, 0.25) is 10.0 Å². The van der Waals surface area contributed by atoms with Gasteiger partial charge >= 0.3 is 5.97 Å². The number of benzene rings is 1. The van der Waals surface area contributed by atoms with Crippen LogP contribution in [0.5, 0.6) is 0 Å². The number of aromatic nitrogens is 1. The van der Waals surface area contributed by atoms with Gasteiger partial charge in [0.05, 0.1) is 15.7 Å². The average molecular weight is 325 g/mol. The van der Waals surface area contributed by atoms with E-state index in [0.717, 1.165) is 12.8 Å². The van der Waals surface area contributed by atoms with Gasteiger partial charge in [0.1, 0.15) is 12.3 Å². The number of nitrogen functional groups attached to an aromatic ring is 1. The molecule has 21 heavy (non-hydrogen) atoms. The first kappa shape index (κ1) is 14.3. The van der Waals surface area contributed by atoms with Gasteiger partial charge < -0.3 is 15.0 Å². The number of anilines is 1. The molecule has 0 aliphatic heterocycles. The number of nitrogens with zero attached hydrogens (tertiary/aromatic N) is 1. The fourth-order valence-electron chi connectivity index (χ4n) is 2.20. The second-order valence-electron chi connectivity index (χ2n) is 5.09. The summed E-state index contributed by atoms with van der Waals surface area (Å²) in [6.07, 6.45) is 3.91. The Morgan fingerprint density at radius 3 is 2.86 bits per heavy atom. The summed E-state index contributed by atoms with van der Waals surface area (Å²) in [6, 6.07) is 7.23. The summed E-state index contributed by atoms with van der Waals surface area (Å²) in [5, 5.41) is 0.847. The number of halogens is 2. The van der Waals surface area contributed by atoms with Crippen molar-refractivity contribution < 1.29 is 9.53 Å². The highest BCUT2D eigenvalue weighted by molar-refractivity contribution is 6.42. The molecule has 1 aromatic heterocycles. The van der Waals surface area contributed by atoms with Crippen LogP contribution in [0.3, 0.4) is 0 Å². The maximum Gasteiger partial charge on any atom is 0.355 e. The molecule has 3 rings (SSSR count). The molecule has 0 unspecified atom stereocenters. The largest absolute Gasteiger partial charge is 0.456 e. The van der Waals surface area contributed by atoms with Crippen LogP contribution >= 0.6 is 23.2 Å². The normalized spacial score (nSPS) is 14.2. The first-order valence-electron chi connectivity index (χ1n) is 6.63. The third-order valence-corrected chi connectivity index (χ3v) is 4.27. The van der Waals surface area contributed by atoms with Gasteiger partial charge in [0.2, 0.25) is 0 Å². The van der Waals surface area contributed by atoms with Gasteiger partial charge in [-0.25, -0.2) is 4.79 Å². The van der Waals surface area contributed by atoms with Crippen molar-refractivity contribution in [3.05, 3.63) is 51.8 Å². The van der Waals surface area contributed by atoms with E-state index < -0.39 is 5.97 Å². The minimum atomic E-state index is -0.408. The zero-order valence-electron chi connectivity index (χ0n) is 11.2. The third kappa shape index (κ3) is 3.01. The molecule has 2 aromatic rings. The van der Waals surface area contributed by atoms with Gasteiger partial charge in [-0.05, 0) is 25.0 Å². The lowest BCUT2D eigenvalue weighted by atomic mass is 10.2. The van der Waals surface area contributed by atoms with Gasteiger partial charge in [-0.1, -0.05) is 35.3 Å².